The minimum absolute atomic E-state index is 0.0612. The summed E-state index contributed by atoms with van der Waals surface area (Å²) < 4.78 is 0. The summed E-state index contributed by atoms with van der Waals surface area (Å²) in [5, 5.41) is 18.2. The molecule has 2 aliphatic rings. The van der Waals surface area contributed by atoms with E-state index in [1.165, 1.54) is 0 Å². The summed E-state index contributed by atoms with van der Waals surface area (Å²) in [5.41, 5.74) is -1.03. The fraction of sp³-hybridized carbons (Fsp3) is 0.800. The van der Waals surface area contributed by atoms with Gasteiger partial charge < -0.3 is 10.2 Å². The standard InChI is InChI=1S/C10H14O4/c1-10(9(13)14)6-3-2-5(4-6)7(10)8(11)12/h5-7H,2-4H2,1H3,(H,11,12)(H,13,14)/t5-,6-,7+,10+/m1/s1. The Balaban J connectivity index is 2.39. The van der Waals surface area contributed by atoms with Gasteiger partial charge in [-0.2, -0.15) is 0 Å². The van der Waals surface area contributed by atoms with Crippen LogP contribution in [0, 0.1) is 23.2 Å². The Kier molecular flexibility index (Phi) is 1.84. The molecule has 2 fully saturated rings. The van der Waals surface area contributed by atoms with Gasteiger partial charge in [-0.3, -0.25) is 9.59 Å². The Morgan fingerprint density at radius 2 is 1.93 bits per heavy atom. The van der Waals surface area contributed by atoms with Gasteiger partial charge in [0.05, 0.1) is 11.3 Å². The molecule has 2 rings (SSSR count). The highest BCUT2D eigenvalue weighted by molar-refractivity contribution is 5.84. The summed E-state index contributed by atoms with van der Waals surface area (Å²) in [6, 6.07) is 0. The van der Waals surface area contributed by atoms with Crippen molar-refractivity contribution in [2.75, 3.05) is 0 Å². The zero-order valence-electron chi connectivity index (χ0n) is 8.06. The number of rotatable bonds is 2. The van der Waals surface area contributed by atoms with Crippen LogP contribution in [0.15, 0.2) is 0 Å². The number of hydrogen-bond acceptors (Lipinski definition) is 2. The lowest BCUT2D eigenvalue weighted by Gasteiger charge is -2.34. The highest BCUT2D eigenvalue weighted by atomic mass is 16.4. The van der Waals surface area contributed by atoms with E-state index in [1.54, 1.807) is 6.92 Å². The molecule has 2 bridgehead atoms. The average molecular weight is 198 g/mol. The molecule has 0 radical (unpaired) electrons. The normalized spacial score (nSPS) is 45.4. The molecule has 0 aromatic heterocycles. The molecule has 4 atom stereocenters. The zero-order chi connectivity index (χ0) is 10.5. The number of carbonyl (C=O) groups is 2. The first-order valence-electron chi connectivity index (χ1n) is 4.94. The van der Waals surface area contributed by atoms with Crippen LogP contribution < -0.4 is 0 Å². The van der Waals surface area contributed by atoms with Crippen LogP contribution in [0.4, 0.5) is 0 Å². The lowest BCUT2D eigenvalue weighted by atomic mass is 9.67. The maximum atomic E-state index is 11.2. The molecular formula is C10H14O4. The van der Waals surface area contributed by atoms with Crippen molar-refractivity contribution in [3.63, 3.8) is 0 Å². The molecule has 2 aliphatic carbocycles. The first kappa shape index (κ1) is 9.49. The highest BCUT2D eigenvalue weighted by Gasteiger charge is 2.62. The van der Waals surface area contributed by atoms with Gasteiger partial charge in [0.25, 0.3) is 0 Å². The molecule has 4 heteroatoms. The zero-order valence-corrected chi connectivity index (χ0v) is 8.06. The second kappa shape index (κ2) is 2.72. The van der Waals surface area contributed by atoms with Gasteiger partial charge in [0.1, 0.15) is 0 Å². The number of carboxylic acid groups (broad SMARTS) is 2. The van der Waals surface area contributed by atoms with Gasteiger partial charge in [-0.15, -0.1) is 0 Å². The predicted octanol–water partition coefficient (Wildman–Crippen LogP) is 1.21. The Morgan fingerprint density at radius 3 is 2.36 bits per heavy atom. The van der Waals surface area contributed by atoms with Gasteiger partial charge in [0.2, 0.25) is 0 Å². The van der Waals surface area contributed by atoms with Crippen molar-refractivity contribution in [1.29, 1.82) is 0 Å². The Morgan fingerprint density at radius 1 is 1.29 bits per heavy atom. The van der Waals surface area contributed by atoms with E-state index in [1.807, 2.05) is 0 Å². The van der Waals surface area contributed by atoms with Crippen LogP contribution in [0.1, 0.15) is 26.2 Å². The van der Waals surface area contributed by atoms with Gasteiger partial charge >= 0.3 is 11.9 Å². The summed E-state index contributed by atoms with van der Waals surface area (Å²) in [7, 11) is 0. The molecule has 0 aromatic rings. The quantitative estimate of drug-likeness (QED) is 0.699. The molecule has 0 unspecified atom stereocenters. The third-order valence-corrected chi connectivity index (χ3v) is 4.17. The molecule has 2 saturated carbocycles. The molecule has 0 heterocycles. The van der Waals surface area contributed by atoms with E-state index in [-0.39, 0.29) is 11.8 Å². The minimum atomic E-state index is -1.03. The predicted molar refractivity (Wildman–Crippen MR) is 47.7 cm³/mol. The summed E-state index contributed by atoms with van der Waals surface area (Å²) in [6.45, 7) is 1.60. The van der Waals surface area contributed by atoms with Crippen LogP contribution in [0.2, 0.25) is 0 Å². The van der Waals surface area contributed by atoms with E-state index in [2.05, 4.69) is 0 Å². The summed E-state index contributed by atoms with van der Waals surface area (Å²) in [5.74, 6) is -2.43. The third-order valence-electron chi connectivity index (χ3n) is 4.17. The molecule has 0 aromatic carbocycles. The molecule has 0 aliphatic heterocycles. The van der Waals surface area contributed by atoms with Crippen molar-refractivity contribution in [2.24, 2.45) is 23.2 Å². The van der Waals surface area contributed by atoms with Crippen LogP contribution in [0.3, 0.4) is 0 Å². The SMILES string of the molecule is C[C@]1(C(=O)O)[C@@H]2CC[C@H](C2)[C@H]1C(=O)O. The third kappa shape index (κ3) is 0.938. The lowest BCUT2D eigenvalue weighted by Crippen LogP contribution is -2.44. The summed E-state index contributed by atoms with van der Waals surface area (Å²) >= 11 is 0. The van der Waals surface area contributed by atoms with Crippen LogP contribution >= 0.6 is 0 Å². The average Bonchev–Trinajstić information content (AvgIpc) is 2.61. The number of aliphatic carboxylic acids is 2. The fourth-order valence-corrected chi connectivity index (χ4v) is 3.37. The number of hydrogen-bond donors (Lipinski definition) is 2. The monoisotopic (exact) mass is 198 g/mol. The fourth-order valence-electron chi connectivity index (χ4n) is 3.37. The minimum Gasteiger partial charge on any atom is -0.481 e. The van der Waals surface area contributed by atoms with E-state index < -0.39 is 23.3 Å². The molecule has 4 nitrogen and oxygen atoms in total. The molecule has 78 valence electrons. The van der Waals surface area contributed by atoms with E-state index in [4.69, 9.17) is 10.2 Å². The number of fused-ring (bicyclic) bond motifs is 2. The molecule has 0 saturated heterocycles. The molecular weight excluding hydrogens is 184 g/mol. The maximum Gasteiger partial charge on any atom is 0.310 e. The van der Waals surface area contributed by atoms with Crippen LogP contribution in [0.5, 0.6) is 0 Å². The van der Waals surface area contributed by atoms with E-state index in [0.29, 0.717) is 0 Å². The van der Waals surface area contributed by atoms with E-state index in [0.717, 1.165) is 19.3 Å². The van der Waals surface area contributed by atoms with Crippen molar-refractivity contribution >= 4 is 11.9 Å². The van der Waals surface area contributed by atoms with Crippen molar-refractivity contribution in [3.8, 4) is 0 Å². The van der Waals surface area contributed by atoms with Crippen LogP contribution in [0.25, 0.3) is 0 Å². The van der Waals surface area contributed by atoms with Crippen molar-refractivity contribution in [3.05, 3.63) is 0 Å². The van der Waals surface area contributed by atoms with Crippen LogP contribution in [-0.4, -0.2) is 22.2 Å². The Labute approximate surface area is 81.9 Å². The smallest absolute Gasteiger partial charge is 0.310 e. The lowest BCUT2D eigenvalue weighted by molar-refractivity contribution is -0.165. The molecule has 0 spiro atoms. The number of carboxylic acids is 2. The second-order valence-corrected chi connectivity index (χ2v) is 4.67. The Hall–Kier alpha value is -1.06. The molecule has 0 amide bonds. The first-order chi connectivity index (χ1) is 6.48. The van der Waals surface area contributed by atoms with Crippen LogP contribution in [-0.2, 0) is 9.59 Å². The van der Waals surface area contributed by atoms with Crippen molar-refractivity contribution in [2.45, 2.75) is 26.2 Å². The Bertz CT molecular complexity index is 298. The molecule has 14 heavy (non-hydrogen) atoms. The first-order valence-corrected chi connectivity index (χ1v) is 4.94. The maximum absolute atomic E-state index is 11.2. The van der Waals surface area contributed by atoms with Gasteiger partial charge in [-0.05, 0) is 38.0 Å². The largest absolute Gasteiger partial charge is 0.481 e. The van der Waals surface area contributed by atoms with Gasteiger partial charge in [-0.25, -0.2) is 0 Å². The highest BCUT2D eigenvalue weighted by Crippen LogP contribution is 2.59. The summed E-state index contributed by atoms with van der Waals surface area (Å²) in [4.78, 5) is 22.2. The van der Waals surface area contributed by atoms with E-state index in [9.17, 15) is 9.59 Å². The van der Waals surface area contributed by atoms with Gasteiger partial charge in [0.15, 0.2) is 0 Å². The topological polar surface area (TPSA) is 74.6 Å². The van der Waals surface area contributed by atoms with Gasteiger partial charge in [0, 0.05) is 0 Å². The van der Waals surface area contributed by atoms with Crippen molar-refractivity contribution in [1.82, 2.24) is 0 Å². The molecule has 2 N–H and O–H groups in total. The van der Waals surface area contributed by atoms with E-state index >= 15 is 0 Å². The van der Waals surface area contributed by atoms with Crippen molar-refractivity contribution < 1.29 is 19.8 Å². The summed E-state index contributed by atoms with van der Waals surface area (Å²) in [6.07, 6.45) is 2.53. The van der Waals surface area contributed by atoms with Gasteiger partial charge in [-0.1, -0.05) is 0 Å². The second-order valence-electron chi connectivity index (χ2n) is 4.67.